The summed E-state index contributed by atoms with van der Waals surface area (Å²) in [6.45, 7) is 7.37. The van der Waals surface area contributed by atoms with Gasteiger partial charge in [0.1, 0.15) is 0 Å². The fraction of sp³-hybridized carbons (Fsp3) is 0.391. The molecule has 1 unspecified atom stereocenters. The lowest BCUT2D eigenvalue weighted by Crippen LogP contribution is -2.37. The minimum atomic E-state index is -2.95. The minimum absolute atomic E-state index is 0.00393. The molecule has 1 aliphatic rings. The molecule has 1 aliphatic heterocycles. The van der Waals surface area contributed by atoms with Crippen molar-refractivity contribution < 1.29 is 8.42 Å². The van der Waals surface area contributed by atoms with Gasteiger partial charge in [0.25, 0.3) is 0 Å². The zero-order valence-electron chi connectivity index (χ0n) is 18.2. The highest BCUT2D eigenvalue weighted by Crippen LogP contribution is 2.25. The van der Waals surface area contributed by atoms with Gasteiger partial charge in [-0.15, -0.1) is 5.10 Å². The summed E-state index contributed by atoms with van der Waals surface area (Å²) in [4.78, 5) is 2.16. The van der Waals surface area contributed by atoms with Gasteiger partial charge in [-0.05, 0) is 51.2 Å². The van der Waals surface area contributed by atoms with Crippen LogP contribution in [0.25, 0.3) is 17.1 Å². The smallest absolute Gasteiger partial charge is 0.204 e. The van der Waals surface area contributed by atoms with E-state index in [1.165, 1.54) is 11.1 Å². The quantitative estimate of drug-likeness (QED) is 0.522. The van der Waals surface area contributed by atoms with Gasteiger partial charge in [-0.3, -0.25) is 9.47 Å². The maximum atomic E-state index is 12.0. The SMILES string of the molecule is CCN(Cn1nc(-c2ccc(C)cc2)n(-c2ccc(C)cc2)c1=S)C1CCS(=O)(=O)C1. The van der Waals surface area contributed by atoms with E-state index in [2.05, 4.69) is 67.3 Å². The zero-order valence-corrected chi connectivity index (χ0v) is 19.8. The van der Waals surface area contributed by atoms with Crippen LogP contribution in [0.2, 0.25) is 0 Å². The van der Waals surface area contributed by atoms with E-state index in [0.717, 1.165) is 23.6 Å². The summed E-state index contributed by atoms with van der Waals surface area (Å²) in [6, 6.07) is 16.5. The summed E-state index contributed by atoms with van der Waals surface area (Å²) in [5, 5.41) is 4.89. The molecule has 6 nitrogen and oxygen atoms in total. The van der Waals surface area contributed by atoms with Crippen molar-refractivity contribution in [2.75, 3.05) is 18.1 Å². The molecule has 1 aromatic heterocycles. The first kappa shape index (κ1) is 21.9. The van der Waals surface area contributed by atoms with Gasteiger partial charge in [-0.25, -0.2) is 13.1 Å². The van der Waals surface area contributed by atoms with Crippen LogP contribution in [-0.2, 0) is 16.5 Å². The number of nitrogens with zero attached hydrogens (tertiary/aromatic N) is 4. The second-order valence-corrected chi connectivity index (χ2v) is 10.8. The van der Waals surface area contributed by atoms with Gasteiger partial charge in [-0.1, -0.05) is 54.4 Å². The Balaban J connectivity index is 1.76. The third kappa shape index (κ3) is 4.66. The van der Waals surface area contributed by atoms with E-state index < -0.39 is 9.84 Å². The van der Waals surface area contributed by atoms with E-state index in [9.17, 15) is 8.42 Å². The molecule has 0 radical (unpaired) electrons. The molecule has 0 spiro atoms. The van der Waals surface area contributed by atoms with Crippen LogP contribution in [0.5, 0.6) is 0 Å². The molecule has 4 rings (SSSR count). The Morgan fingerprint density at radius 2 is 1.68 bits per heavy atom. The van der Waals surface area contributed by atoms with Crippen molar-refractivity contribution in [3.63, 3.8) is 0 Å². The van der Waals surface area contributed by atoms with Gasteiger partial charge < -0.3 is 0 Å². The normalized spacial score (nSPS) is 18.0. The molecule has 8 heteroatoms. The van der Waals surface area contributed by atoms with Gasteiger partial charge >= 0.3 is 0 Å². The number of hydrogen-bond acceptors (Lipinski definition) is 5. The van der Waals surface area contributed by atoms with Crippen molar-refractivity contribution in [2.45, 2.75) is 39.9 Å². The molecule has 2 heterocycles. The van der Waals surface area contributed by atoms with Crippen molar-refractivity contribution in [1.29, 1.82) is 0 Å². The summed E-state index contributed by atoms with van der Waals surface area (Å²) in [6.07, 6.45) is 0.660. The van der Waals surface area contributed by atoms with E-state index >= 15 is 0 Å². The Morgan fingerprint density at radius 1 is 1.06 bits per heavy atom. The number of benzene rings is 2. The Kier molecular flexibility index (Phi) is 6.14. The molecule has 164 valence electrons. The van der Waals surface area contributed by atoms with Crippen LogP contribution in [0.3, 0.4) is 0 Å². The summed E-state index contributed by atoms with van der Waals surface area (Å²) >= 11 is 5.86. The highest BCUT2D eigenvalue weighted by atomic mass is 32.2. The molecular formula is C23H28N4O2S2. The predicted molar refractivity (Wildman–Crippen MR) is 127 cm³/mol. The number of aromatic nitrogens is 3. The molecular weight excluding hydrogens is 428 g/mol. The zero-order chi connectivity index (χ0) is 22.2. The molecule has 0 amide bonds. The average molecular weight is 457 g/mol. The van der Waals surface area contributed by atoms with Crippen molar-refractivity contribution in [3.05, 3.63) is 64.4 Å². The first-order valence-electron chi connectivity index (χ1n) is 10.6. The van der Waals surface area contributed by atoms with Crippen LogP contribution < -0.4 is 0 Å². The third-order valence-corrected chi connectivity index (χ3v) is 8.03. The number of rotatable bonds is 6. The summed E-state index contributed by atoms with van der Waals surface area (Å²) in [7, 11) is -2.95. The Hall–Kier alpha value is -2.29. The van der Waals surface area contributed by atoms with Crippen molar-refractivity contribution in [3.8, 4) is 17.1 Å². The van der Waals surface area contributed by atoms with Crippen LogP contribution in [0.15, 0.2) is 48.5 Å². The fourth-order valence-electron chi connectivity index (χ4n) is 4.03. The largest absolute Gasteiger partial charge is 0.281 e. The van der Waals surface area contributed by atoms with Crippen LogP contribution in [-0.4, -0.2) is 51.8 Å². The van der Waals surface area contributed by atoms with E-state index in [1.54, 1.807) is 0 Å². The molecule has 0 saturated carbocycles. The van der Waals surface area contributed by atoms with Gasteiger partial charge in [0.2, 0.25) is 4.77 Å². The second kappa shape index (κ2) is 8.68. The van der Waals surface area contributed by atoms with E-state index in [0.29, 0.717) is 17.9 Å². The molecule has 1 saturated heterocycles. The van der Waals surface area contributed by atoms with E-state index in [1.807, 2.05) is 16.2 Å². The lowest BCUT2D eigenvalue weighted by molar-refractivity contribution is 0.164. The third-order valence-electron chi connectivity index (χ3n) is 5.89. The lowest BCUT2D eigenvalue weighted by Gasteiger charge is -2.26. The monoisotopic (exact) mass is 456 g/mol. The van der Waals surface area contributed by atoms with Gasteiger partial charge in [0.05, 0.1) is 18.2 Å². The van der Waals surface area contributed by atoms with Gasteiger partial charge in [-0.2, -0.15) is 0 Å². The molecule has 1 fully saturated rings. The summed E-state index contributed by atoms with van der Waals surface area (Å²) in [5.41, 5.74) is 4.31. The molecule has 2 aromatic carbocycles. The topological polar surface area (TPSA) is 60.1 Å². The maximum Gasteiger partial charge on any atom is 0.204 e. The average Bonchev–Trinajstić information content (AvgIpc) is 3.26. The minimum Gasteiger partial charge on any atom is -0.281 e. The van der Waals surface area contributed by atoms with E-state index in [-0.39, 0.29) is 17.5 Å². The Labute approximate surface area is 189 Å². The van der Waals surface area contributed by atoms with E-state index in [4.69, 9.17) is 17.3 Å². The predicted octanol–water partition coefficient (Wildman–Crippen LogP) is 4.15. The molecule has 0 N–H and O–H groups in total. The van der Waals surface area contributed by atoms with Crippen LogP contribution in [0.4, 0.5) is 0 Å². The molecule has 0 bridgehead atoms. The number of sulfone groups is 1. The van der Waals surface area contributed by atoms with Crippen molar-refractivity contribution >= 4 is 22.1 Å². The van der Waals surface area contributed by atoms with Gasteiger partial charge in [0, 0.05) is 17.3 Å². The standard InChI is InChI=1S/C23H28N4O2S2/c1-4-25(21-13-14-31(28,29)15-21)16-26-23(30)27(20-11-7-18(3)8-12-20)22(24-26)19-9-5-17(2)6-10-19/h5-12,21H,4,13-16H2,1-3H3. The fourth-order valence-corrected chi connectivity index (χ4v) is 6.08. The molecule has 31 heavy (non-hydrogen) atoms. The second-order valence-electron chi connectivity index (χ2n) is 8.25. The maximum absolute atomic E-state index is 12.0. The Bertz CT molecular complexity index is 1230. The summed E-state index contributed by atoms with van der Waals surface area (Å²) in [5.74, 6) is 1.24. The summed E-state index contributed by atoms with van der Waals surface area (Å²) < 4.78 is 28.4. The number of hydrogen-bond donors (Lipinski definition) is 0. The first-order chi connectivity index (χ1) is 14.8. The molecule has 1 atom stereocenters. The highest BCUT2D eigenvalue weighted by Gasteiger charge is 2.32. The van der Waals surface area contributed by atoms with Crippen molar-refractivity contribution in [1.82, 2.24) is 19.2 Å². The lowest BCUT2D eigenvalue weighted by atomic mass is 10.1. The highest BCUT2D eigenvalue weighted by molar-refractivity contribution is 7.91. The van der Waals surface area contributed by atoms with Crippen LogP contribution >= 0.6 is 12.2 Å². The van der Waals surface area contributed by atoms with Crippen LogP contribution in [0.1, 0.15) is 24.5 Å². The first-order valence-corrected chi connectivity index (χ1v) is 12.8. The van der Waals surface area contributed by atoms with Gasteiger partial charge in [0.15, 0.2) is 15.7 Å². The number of aryl methyl sites for hydroxylation is 2. The molecule has 3 aromatic rings. The van der Waals surface area contributed by atoms with Crippen LogP contribution in [0, 0.1) is 18.6 Å². The molecule has 0 aliphatic carbocycles. The van der Waals surface area contributed by atoms with Crippen molar-refractivity contribution in [2.24, 2.45) is 0 Å². The Morgan fingerprint density at radius 3 is 2.23 bits per heavy atom.